The first-order chi connectivity index (χ1) is 12.1. The standard InChI is InChI=1S/C17H21ClN4O2S/c1-21-3-2-11(10-21)19-17(23)14-8-12-16(25-14)13(9-15(18)20-12)22-4-6-24-7-5-22/h8-9,11H,2-7,10H2,1H3,(H,19,23). The Hall–Kier alpha value is -1.41. The van der Waals surface area contributed by atoms with Crippen LogP contribution in [-0.2, 0) is 4.74 Å². The summed E-state index contributed by atoms with van der Waals surface area (Å²) in [6, 6.07) is 3.96. The van der Waals surface area contributed by atoms with Crippen LogP contribution in [0.2, 0.25) is 5.15 Å². The lowest BCUT2D eigenvalue weighted by Crippen LogP contribution is -2.36. The van der Waals surface area contributed by atoms with E-state index in [0.29, 0.717) is 23.2 Å². The van der Waals surface area contributed by atoms with Crippen LogP contribution >= 0.6 is 22.9 Å². The first kappa shape index (κ1) is 17.0. The second kappa shape index (κ2) is 7.07. The third-order valence-electron chi connectivity index (χ3n) is 4.73. The molecule has 2 aliphatic heterocycles. The zero-order chi connectivity index (χ0) is 17.4. The average Bonchev–Trinajstić information content (AvgIpc) is 3.21. The Balaban J connectivity index is 1.61. The topological polar surface area (TPSA) is 57.7 Å². The second-order valence-electron chi connectivity index (χ2n) is 6.61. The van der Waals surface area contributed by atoms with Crippen molar-refractivity contribution in [1.29, 1.82) is 0 Å². The summed E-state index contributed by atoms with van der Waals surface area (Å²) in [5, 5.41) is 3.59. The smallest absolute Gasteiger partial charge is 0.261 e. The normalized spacial score (nSPS) is 21.8. The molecule has 134 valence electrons. The summed E-state index contributed by atoms with van der Waals surface area (Å²) in [5.41, 5.74) is 1.83. The Labute approximate surface area is 155 Å². The molecule has 0 spiro atoms. The molecule has 0 radical (unpaired) electrons. The van der Waals surface area contributed by atoms with Crippen molar-refractivity contribution < 1.29 is 9.53 Å². The maximum Gasteiger partial charge on any atom is 0.261 e. The highest BCUT2D eigenvalue weighted by molar-refractivity contribution is 7.21. The van der Waals surface area contributed by atoms with Crippen molar-refractivity contribution in [2.75, 3.05) is 51.3 Å². The van der Waals surface area contributed by atoms with Gasteiger partial charge >= 0.3 is 0 Å². The number of ether oxygens (including phenoxy) is 1. The number of aromatic nitrogens is 1. The Morgan fingerprint density at radius 3 is 2.88 bits per heavy atom. The van der Waals surface area contributed by atoms with Gasteiger partial charge in [-0.1, -0.05) is 11.6 Å². The average molecular weight is 381 g/mol. The number of halogens is 1. The number of likely N-dealkylation sites (N-methyl/N-ethyl adjacent to an activating group) is 1. The van der Waals surface area contributed by atoms with Crippen LogP contribution in [0.1, 0.15) is 16.1 Å². The SMILES string of the molecule is CN1CCC(NC(=O)c2cc3nc(Cl)cc(N4CCOCC4)c3s2)C1. The summed E-state index contributed by atoms with van der Waals surface area (Å²) in [6.07, 6.45) is 0.996. The van der Waals surface area contributed by atoms with Crippen LogP contribution in [-0.4, -0.2) is 68.3 Å². The summed E-state index contributed by atoms with van der Waals surface area (Å²) in [6.45, 7) is 4.98. The van der Waals surface area contributed by atoms with Gasteiger partial charge in [0.15, 0.2) is 0 Å². The largest absolute Gasteiger partial charge is 0.378 e. The number of fused-ring (bicyclic) bond motifs is 1. The minimum atomic E-state index is -0.0210. The van der Waals surface area contributed by atoms with Gasteiger partial charge in [0.1, 0.15) is 5.15 Å². The van der Waals surface area contributed by atoms with Crippen LogP contribution < -0.4 is 10.2 Å². The quantitative estimate of drug-likeness (QED) is 0.827. The van der Waals surface area contributed by atoms with Crippen LogP contribution in [0.5, 0.6) is 0 Å². The van der Waals surface area contributed by atoms with Crippen LogP contribution in [0.3, 0.4) is 0 Å². The Morgan fingerprint density at radius 2 is 2.16 bits per heavy atom. The fraction of sp³-hybridized carbons (Fsp3) is 0.529. The summed E-state index contributed by atoms with van der Waals surface area (Å²) in [7, 11) is 2.08. The Kier molecular flexibility index (Phi) is 4.82. The number of carbonyl (C=O) groups is 1. The molecule has 4 heterocycles. The molecule has 0 saturated carbocycles. The predicted molar refractivity (Wildman–Crippen MR) is 101 cm³/mol. The fourth-order valence-electron chi connectivity index (χ4n) is 3.43. The van der Waals surface area contributed by atoms with Gasteiger partial charge in [-0.25, -0.2) is 4.98 Å². The van der Waals surface area contributed by atoms with E-state index in [-0.39, 0.29) is 11.9 Å². The van der Waals surface area contributed by atoms with Crippen molar-refractivity contribution in [3.63, 3.8) is 0 Å². The lowest BCUT2D eigenvalue weighted by Gasteiger charge is -2.29. The number of rotatable bonds is 3. The van der Waals surface area contributed by atoms with Crippen LogP contribution in [0, 0.1) is 0 Å². The Morgan fingerprint density at radius 1 is 1.36 bits per heavy atom. The number of likely N-dealkylation sites (tertiary alicyclic amines) is 1. The van der Waals surface area contributed by atoms with E-state index in [9.17, 15) is 4.79 Å². The zero-order valence-corrected chi connectivity index (χ0v) is 15.7. The van der Waals surface area contributed by atoms with E-state index in [1.807, 2.05) is 12.1 Å². The molecule has 4 rings (SSSR count). The molecule has 8 heteroatoms. The van der Waals surface area contributed by atoms with Crippen molar-refractivity contribution in [1.82, 2.24) is 15.2 Å². The molecule has 25 heavy (non-hydrogen) atoms. The molecule has 0 aliphatic carbocycles. The van der Waals surface area contributed by atoms with Crippen molar-refractivity contribution in [2.45, 2.75) is 12.5 Å². The van der Waals surface area contributed by atoms with Gasteiger partial charge in [-0.3, -0.25) is 4.79 Å². The third kappa shape index (κ3) is 3.60. The summed E-state index contributed by atoms with van der Waals surface area (Å²) >= 11 is 7.70. The number of morpholine rings is 1. The highest BCUT2D eigenvalue weighted by Crippen LogP contribution is 2.35. The number of hydrogen-bond donors (Lipinski definition) is 1. The van der Waals surface area contributed by atoms with Crippen molar-refractivity contribution in [2.24, 2.45) is 0 Å². The van der Waals surface area contributed by atoms with Gasteiger partial charge in [-0.2, -0.15) is 0 Å². The van der Waals surface area contributed by atoms with E-state index in [1.54, 1.807) is 0 Å². The fourth-order valence-corrected chi connectivity index (χ4v) is 4.67. The van der Waals surface area contributed by atoms with Gasteiger partial charge in [-0.05, 0) is 26.1 Å². The first-order valence-electron chi connectivity index (χ1n) is 8.52. The molecule has 0 aromatic carbocycles. The van der Waals surface area contributed by atoms with Gasteiger partial charge in [0.25, 0.3) is 5.91 Å². The predicted octanol–water partition coefficient (Wildman–Crippen LogP) is 2.22. The lowest BCUT2D eigenvalue weighted by atomic mass is 10.2. The van der Waals surface area contributed by atoms with E-state index < -0.39 is 0 Å². The molecule has 2 aromatic rings. The number of anilines is 1. The summed E-state index contributed by atoms with van der Waals surface area (Å²) < 4.78 is 6.45. The highest BCUT2D eigenvalue weighted by Gasteiger charge is 2.24. The number of pyridine rings is 1. The summed E-state index contributed by atoms with van der Waals surface area (Å²) in [5.74, 6) is -0.0210. The van der Waals surface area contributed by atoms with E-state index >= 15 is 0 Å². The molecule has 1 N–H and O–H groups in total. The zero-order valence-electron chi connectivity index (χ0n) is 14.1. The van der Waals surface area contributed by atoms with Crippen molar-refractivity contribution in [3.8, 4) is 0 Å². The number of nitrogens with one attached hydrogen (secondary N) is 1. The number of hydrogen-bond acceptors (Lipinski definition) is 6. The van der Waals surface area contributed by atoms with Gasteiger partial charge in [0, 0.05) is 31.7 Å². The first-order valence-corrected chi connectivity index (χ1v) is 9.72. The van der Waals surface area contributed by atoms with Crippen LogP contribution in [0.15, 0.2) is 12.1 Å². The molecule has 2 fully saturated rings. The van der Waals surface area contributed by atoms with E-state index in [4.69, 9.17) is 16.3 Å². The monoisotopic (exact) mass is 380 g/mol. The molecular formula is C17H21ClN4O2S. The molecule has 1 unspecified atom stereocenters. The molecule has 1 amide bonds. The number of nitrogens with zero attached hydrogens (tertiary/aromatic N) is 3. The van der Waals surface area contributed by atoms with Crippen LogP contribution in [0.4, 0.5) is 5.69 Å². The Bertz CT molecular complexity index is 790. The van der Waals surface area contributed by atoms with E-state index in [1.165, 1.54) is 11.3 Å². The molecule has 6 nitrogen and oxygen atoms in total. The van der Waals surface area contributed by atoms with Crippen molar-refractivity contribution in [3.05, 3.63) is 22.2 Å². The molecular weight excluding hydrogens is 360 g/mol. The van der Waals surface area contributed by atoms with Gasteiger partial charge in [0.2, 0.25) is 0 Å². The summed E-state index contributed by atoms with van der Waals surface area (Å²) in [4.78, 5) is 22.2. The molecule has 2 aromatic heterocycles. The third-order valence-corrected chi connectivity index (χ3v) is 6.07. The molecule has 1 atom stereocenters. The van der Waals surface area contributed by atoms with Gasteiger partial charge < -0.3 is 19.9 Å². The van der Waals surface area contributed by atoms with E-state index in [0.717, 1.165) is 48.5 Å². The molecule has 0 bridgehead atoms. The van der Waals surface area contributed by atoms with Gasteiger partial charge in [-0.15, -0.1) is 11.3 Å². The van der Waals surface area contributed by atoms with E-state index in [2.05, 4.69) is 27.1 Å². The number of carbonyl (C=O) groups excluding carboxylic acids is 1. The maximum absolute atomic E-state index is 12.6. The lowest BCUT2D eigenvalue weighted by molar-refractivity contribution is 0.0942. The van der Waals surface area contributed by atoms with Crippen LogP contribution in [0.25, 0.3) is 10.2 Å². The highest BCUT2D eigenvalue weighted by atomic mass is 35.5. The molecule has 2 aliphatic rings. The minimum Gasteiger partial charge on any atom is -0.378 e. The minimum absolute atomic E-state index is 0.0210. The van der Waals surface area contributed by atoms with Gasteiger partial charge in [0.05, 0.1) is 34.0 Å². The number of amides is 1. The van der Waals surface area contributed by atoms with Crippen molar-refractivity contribution >= 4 is 44.7 Å². The number of thiophene rings is 1. The molecule has 2 saturated heterocycles. The maximum atomic E-state index is 12.6. The second-order valence-corrected chi connectivity index (χ2v) is 8.05.